The average molecular weight is 321 g/mol. The predicted octanol–water partition coefficient (Wildman–Crippen LogP) is 4.98. The van der Waals surface area contributed by atoms with Crippen LogP contribution in [-0.4, -0.2) is 23.8 Å². The highest BCUT2D eigenvalue weighted by Crippen LogP contribution is 2.33. The minimum Gasteiger partial charge on any atom is -0.490 e. The number of methoxy groups -OCH3 is 1. The second kappa shape index (κ2) is 6.62. The lowest BCUT2D eigenvalue weighted by Gasteiger charge is -2.18. The van der Waals surface area contributed by atoms with Gasteiger partial charge >= 0.3 is 0 Å². The topological polar surface area (TPSA) is 31.4 Å². The van der Waals surface area contributed by atoms with Gasteiger partial charge in [-0.15, -0.1) is 0 Å². The Bertz CT molecular complexity index is 778. The number of aromatic nitrogens is 1. The molecule has 3 heteroatoms. The second-order valence-electron chi connectivity index (χ2n) is 6.39. The molecule has 1 aliphatic rings. The molecule has 2 aromatic rings. The summed E-state index contributed by atoms with van der Waals surface area (Å²) in [6, 6.07) is 12.2. The standard InChI is InChI=1S/C21H23NO2/c1-15(2)24-20-14-19(16-8-6-5-7-9-16)22-18-11-13-21(3,23-4)12-10-17(18)20/h5-15H,1-4H3. The van der Waals surface area contributed by atoms with Crippen molar-refractivity contribution in [2.24, 2.45) is 0 Å². The summed E-state index contributed by atoms with van der Waals surface area (Å²) in [4.78, 5) is 4.84. The number of fused-ring (bicyclic) bond motifs is 1. The molecule has 1 atom stereocenters. The van der Waals surface area contributed by atoms with Gasteiger partial charge in [0.25, 0.3) is 0 Å². The van der Waals surface area contributed by atoms with Gasteiger partial charge in [0.1, 0.15) is 11.4 Å². The molecule has 0 spiro atoms. The van der Waals surface area contributed by atoms with Crippen molar-refractivity contribution in [1.82, 2.24) is 4.98 Å². The van der Waals surface area contributed by atoms with Crippen LogP contribution in [-0.2, 0) is 4.74 Å². The Hall–Kier alpha value is -2.39. The summed E-state index contributed by atoms with van der Waals surface area (Å²) < 4.78 is 11.6. The summed E-state index contributed by atoms with van der Waals surface area (Å²) in [5.74, 6) is 0.843. The SMILES string of the molecule is COC1(C)C=Cc2nc(-c3ccccc3)cc(OC(C)C)c2C=C1. The molecule has 124 valence electrons. The van der Waals surface area contributed by atoms with Gasteiger partial charge in [-0.2, -0.15) is 0 Å². The molecule has 1 aromatic heterocycles. The van der Waals surface area contributed by atoms with E-state index in [1.165, 1.54) is 0 Å². The van der Waals surface area contributed by atoms with Crippen molar-refractivity contribution in [3.8, 4) is 17.0 Å². The van der Waals surface area contributed by atoms with Crippen LogP contribution in [0.25, 0.3) is 23.4 Å². The van der Waals surface area contributed by atoms with Crippen LogP contribution in [0, 0.1) is 0 Å². The highest BCUT2D eigenvalue weighted by atomic mass is 16.5. The minimum atomic E-state index is -0.442. The first-order valence-electron chi connectivity index (χ1n) is 8.21. The van der Waals surface area contributed by atoms with Gasteiger partial charge in [0.15, 0.2) is 0 Å². The molecular weight excluding hydrogens is 298 g/mol. The fourth-order valence-corrected chi connectivity index (χ4v) is 2.64. The van der Waals surface area contributed by atoms with Gasteiger partial charge in [-0.1, -0.05) is 30.3 Å². The average Bonchev–Trinajstić information content (AvgIpc) is 2.75. The van der Waals surface area contributed by atoms with E-state index in [0.29, 0.717) is 0 Å². The van der Waals surface area contributed by atoms with E-state index in [0.717, 1.165) is 28.3 Å². The molecule has 0 radical (unpaired) electrons. The Morgan fingerprint density at radius 3 is 2.42 bits per heavy atom. The van der Waals surface area contributed by atoms with Gasteiger partial charge in [-0.3, -0.25) is 0 Å². The number of ether oxygens (including phenoxy) is 2. The van der Waals surface area contributed by atoms with Crippen LogP contribution in [0.4, 0.5) is 0 Å². The minimum absolute atomic E-state index is 0.0922. The van der Waals surface area contributed by atoms with E-state index in [2.05, 4.69) is 12.1 Å². The first kappa shape index (κ1) is 16.5. The number of hydrogen-bond donors (Lipinski definition) is 0. The van der Waals surface area contributed by atoms with Gasteiger partial charge in [-0.05, 0) is 45.1 Å². The summed E-state index contributed by atoms with van der Waals surface area (Å²) in [6.07, 6.45) is 8.20. The number of hydrogen-bond acceptors (Lipinski definition) is 3. The molecule has 3 nitrogen and oxygen atoms in total. The van der Waals surface area contributed by atoms with Gasteiger partial charge in [-0.25, -0.2) is 4.98 Å². The zero-order chi connectivity index (χ0) is 17.2. The molecule has 1 heterocycles. The monoisotopic (exact) mass is 321 g/mol. The van der Waals surface area contributed by atoms with Crippen molar-refractivity contribution in [2.75, 3.05) is 7.11 Å². The van der Waals surface area contributed by atoms with Gasteiger partial charge < -0.3 is 9.47 Å². The molecule has 0 saturated carbocycles. The normalized spacial score (nSPS) is 19.2. The molecule has 0 N–H and O–H groups in total. The molecule has 0 fully saturated rings. The third-order valence-corrected chi connectivity index (χ3v) is 4.08. The molecule has 0 saturated heterocycles. The summed E-state index contributed by atoms with van der Waals surface area (Å²) >= 11 is 0. The fraction of sp³-hybridized carbons (Fsp3) is 0.286. The van der Waals surface area contributed by atoms with Crippen LogP contribution in [0.2, 0.25) is 0 Å². The first-order chi connectivity index (χ1) is 11.5. The van der Waals surface area contributed by atoms with E-state index in [-0.39, 0.29) is 6.10 Å². The molecule has 1 aromatic carbocycles. The quantitative estimate of drug-likeness (QED) is 0.796. The summed E-state index contributed by atoms with van der Waals surface area (Å²) in [6.45, 7) is 6.09. The van der Waals surface area contributed by atoms with E-state index in [1.807, 2.05) is 69.3 Å². The maximum atomic E-state index is 6.07. The summed E-state index contributed by atoms with van der Waals surface area (Å²) in [5, 5.41) is 0. The Morgan fingerprint density at radius 2 is 1.75 bits per heavy atom. The predicted molar refractivity (Wildman–Crippen MR) is 98.9 cm³/mol. The lowest BCUT2D eigenvalue weighted by atomic mass is 10.1. The van der Waals surface area contributed by atoms with Crippen LogP contribution in [0.3, 0.4) is 0 Å². The zero-order valence-electron chi connectivity index (χ0n) is 14.6. The van der Waals surface area contributed by atoms with Crippen LogP contribution in [0.1, 0.15) is 32.0 Å². The molecule has 1 aliphatic carbocycles. The maximum Gasteiger partial charge on any atom is 0.131 e. The van der Waals surface area contributed by atoms with Crippen molar-refractivity contribution >= 4 is 12.2 Å². The molecular formula is C21H23NO2. The van der Waals surface area contributed by atoms with Crippen LogP contribution < -0.4 is 4.74 Å². The largest absolute Gasteiger partial charge is 0.490 e. The Morgan fingerprint density at radius 1 is 1.04 bits per heavy atom. The molecule has 1 unspecified atom stereocenters. The molecule has 3 rings (SSSR count). The zero-order valence-corrected chi connectivity index (χ0v) is 14.6. The third kappa shape index (κ3) is 3.41. The van der Waals surface area contributed by atoms with Crippen LogP contribution >= 0.6 is 0 Å². The highest BCUT2D eigenvalue weighted by molar-refractivity contribution is 5.75. The van der Waals surface area contributed by atoms with E-state index in [1.54, 1.807) is 7.11 Å². The lowest BCUT2D eigenvalue weighted by molar-refractivity contribution is 0.0922. The molecule has 0 aliphatic heterocycles. The second-order valence-corrected chi connectivity index (χ2v) is 6.39. The molecule has 24 heavy (non-hydrogen) atoms. The van der Waals surface area contributed by atoms with Crippen molar-refractivity contribution < 1.29 is 9.47 Å². The number of nitrogens with zero attached hydrogens (tertiary/aromatic N) is 1. The van der Waals surface area contributed by atoms with Crippen molar-refractivity contribution in [2.45, 2.75) is 32.5 Å². The number of rotatable bonds is 4. The molecule has 0 amide bonds. The van der Waals surface area contributed by atoms with E-state index in [9.17, 15) is 0 Å². The van der Waals surface area contributed by atoms with E-state index < -0.39 is 5.60 Å². The van der Waals surface area contributed by atoms with Gasteiger partial charge in [0.05, 0.1) is 17.5 Å². The summed E-state index contributed by atoms with van der Waals surface area (Å²) in [7, 11) is 1.71. The van der Waals surface area contributed by atoms with Crippen molar-refractivity contribution in [1.29, 1.82) is 0 Å². The van der Waals surface area contributed by atoms with Gasteiger partial charge in [0.2, 0.25) is 0 Å². The third-order valence-electron chi connectivity index (χ3n) is 4.08. The lowest BCUT2D eigenvalue weighted by Crippen LogP contribution is -2.19. The smallest absolute Gasteiger partial charge is 0.131 e. The Balaban J connectivity index is 2.16. The van der Waals surface area contributed by atoms with Crippen LogP contribution in [0.5, 0.6) is 5.75 Å². The first-order valence-corrected chi connectivity index (χ1v) is 8.21. The maximum absolute atomic E-state index is 6.07. The highest BCUT2D eigenvalue weighted by Gasteiger charge is 2.21. The van der Waals surface area contributed by atoms with E-state index in [4.69, 9.17) is 14.5 Å². The number of benzene rings is 1. The fourth-order valence-electron chi connectivity index (χ4n) is 2.64. The van der Waals surface area contributed by atoms with Crippen molar-refractivity contribution in [3.05, 3.63) is 59.8 Å². The Labute approximate surface area is 143 Å². The van der Waals surface area contributed by atoms with Gasteiger partial charge in [0, 0.05) is 24.3 Å². The summed E-state index contributed by atoms with van der Waals surface area (Å²) in [5.41, 5.74) is 3.42. The Kier molecular flexibility index (Phi) is 4.54. The van der Waals surface area contributed by atoms with Crippen molar-refractivity contribution in [3.63, 3.8) is 0 Å². The van der Waals surface area contributed by atoms with E-state index >= 15 is 0 Å². The van der Waals surface area contributed by atoms with Crippen LogP contribution in [0.15, 0.2) is 48.6 Å². The number of pyridine rings is 1. The molecule has 0 bridgehead atoms.